The van der Waals surface area contributed by atoms with Crippen molar-refractivity contribution in [2.24, 2.45) is 17.6 Å². The molecule has 128 valence electrons. The normalized spacial score (nSPS) is 29.5. The number of hydrogen-bond donors (Lipinski definition) is 2. The molecule has 1 aromatic rings. The number of nitrogens with two attached hydrogens (primary N) is 1. The summed E-state index contributed by atoms with van der Waals surface area (Å²) in [5.74, 6) is 0.350. The third-order valence-electron chi connectivity index (χ3n) is 5.10. The van der Waals surface area contributed by atoms with Crippen LogP contribution in [0.4, 0.5) is 4.39 Å². The van der Waals surface area contributed by atoms with Crippen molar-refractivity contribution < 1.29 is 9.18 Å². The van der Waals surface area contributed by atoms with Crippen molar-refractivity contribution in [1.82, 2.24) is 5.32 Å². The second kappa shape index (κ2) is 7.82. The van der Waals surface area contributed by atoms with Gasteiger partial charge >= 0.3 is 0 Å². The fourth-order valence-corrected chi connectivity index (χ4v) is 4.35. The van der Waals surface area contributed by atoms with E-state index in [9.17, 15) is 9.18 Å². The monoisotopic (exact) mass is 360 g/mol. The summed E-state index contributed by atoms with van der Waals surface area (Å²) in [6.07, 6.45) is 5.40. The Morgan fingerprint density at radius 2 is 1.96 bits per heavy atom. The second-order valence-corrected chi connectivity index (χ2v) is 7.06. The lowest BCUT2D eigenvalue weighted by atomic mass is 9.67. The Hall–Kier alpha value is -0.840. The van der Waals surface area contributed by atoms with Gasteiger partial charge in [0, 0.05) is 22.7 Å². The summed E-state index contributed by atoms with van der Waals surface area (Å²) < 4.78 is 13.8. The first kappa shape index (κ1) is 18.5. The van der Waals surface area contributed by atoms with Gasteiger partial charge in [0.2, 0.25) is 5.91 Å². The molecule has 23 heavy (non-hydrogen) atoms. The molecule has 0 saturated heterocycles. The lowest BCUT2D eigenvalue weighted by molar-refractivity contribution is -0.122. The molecular formula is C17H23Cl2FN2O. The Bertz CT molecular complexity index is 535. The first-order valence-electron chi connectivity index (χ1n) is 8.02. The number of amides is 1. The van der Waals surface area contributed by atoms with Gasteiger partial charge in [0.25, 0.3) is 0 Å². The van der Waals surface area contributed by atoms with Crippen LogP contribution in [0.5, 0.6) is 0 Å². The predicted octanol–water partition coefficient (Wildman–Crippen LogP) is 3.47. The van der Waals surface area contributed by atoms with Gasteiger partial charge in [-0.05, 0) is 49.7 Å². The van der Waals surface area contributed by atoms with Crippen LogP contribution in [0.15, 0.2) is 18.2 Å². The number of hydrogen-bond acceptors (Lipinski definition) is 2. The number of carbonyl (C=O) groups excluding carboxylic acids is 1. The number of benzene rings is 1. The smallest absolute Gasteiger partial charge is 0.224 e. The highest BCUT2D eigenvalue weighted by atomic mass is 35.5. The van der Waals surface area contributed by atoms with E-state index in [1.165, 1.54) is 12.5 Å². The van der Waals surface area contributed by atoms with E-state index in [4.69, 9.17) is 17.3 Å². The molecule has 3 N–H and O–H groups in total. The van der Waals surface area contributed by atoms with Crippen molar-refractivity contribution in [2.45, 2.75) is 50.6 Å². The summed E-state index contributed by atoms with van der Waals surface area (Å²) in [6, 6.07) is 4.94. The summed E-state index contributed by atoms with van der Waals surface area (Å²) in [6.45, 7) is 0. The summed E-state index contributed by atoms with van der Waals surface area (Å²) in [4.78, 5) is 12.3. The van der Waals surface area contributed by atoms with Gasteiger partial charge in [-0.1, -0.05) is 24.1 Å². The van der Waals surface area contributed by atoms with Crippen molar-refractivity contribution in [3.8, 4) is 0 Å². The van der Waals surface area contributed by atoms with Gasteiger partial charge in [0.1, 0.15) is 5.82 Å². The van der Waals surface area contributed by atoms with E-state index >= 15 is 0 Å². The van der Waals surface area contributed by atoms with E-state index in [1.54, 1.807) is 12.1 Å². The van der Waals surface area contributed by atoms with Gasteiger partial charge in [0.15, 0.2) is 0 Å². The molecular weight excluding hydrogens is 338 g/mol. The number of rotatable bonds is 3. The van der Waals surface area contributed by atoms with E-state index in [0.29, 0.717) is 16.9 Å². The van der Waals surface area contributed by atoms with Gasteiger partial charge in [-0.15, -0.1) is 12.4 Å². The minimum Gasteiger partial charge on any atom is -0.353 e. The molecule has 3 rings (SSSR count). The standard InChI is InChI=1S/C17H22ClFN2O.ClH/c18-14-5-2-6-15(19)13(14)9-16(22)21-17-10-3-1-4-11(17)8-12(20)7-10;/h2,5-6,10-12,17H,1,3-4,7-9,20H2,(H,21,22);1H. The van der Waals surface area contributed by atoms with Crippen molar-refractivity contribution in [2.75, 3.05) is 0 Å². The molecule has 1 amide bonds. The summed E-state index contributed by atoms with van der Waals surface area (Å²) in [5.41, 5.74) is 6.38. The van der Waals surface area contributed by atoms with Crippen LogP contribution in [0.25, 0.3) is 0 Å². The maximum absolute atomic E-state index is 13.8. The lowest BCUT2D eigenvalue weighted by Gasteiger charge is -2.45. The largest absolute Gasteiger partial charge is 0.353 e. The number of nitrogens with one attached hydrogen (secondary N) is 1. The summed E-state index contributed by atoms with van der Waals surface area (Å²) in [7, 11) is 0. The molecule has 2 saturated carbocycles. The molecule has 2 aliphatic rings. The van der Waals surface area contributed by atoms with Gasteiger partial charge in [-0.25, -0.2) is 4.39 Å². The fraction of sp³-hybridized carbons (Fsp3) is 0.588. The van der Waals surface area contributed by atoms with Gasteiger partial charge in [-0.3, -0.25) is 4.79 Å². The van der Waals surface area contributed by atoms with Crippen LogP contribution in [0.2, 0.25) is 5.02 Å². The molecule has 2 unspecified atom stereocenters. The third-order valence-corrected chi connectivity index (χ3v) is 5.46. The molecule has 6 heteroatoms. The molecule has 3 nitrogen and oxygen atoms in total. The Labute approximate surface area is 147 Å². The van der Waals surface area contributed by atoms with Gasteiger partial charge in [-0.2, -0.15) is 0 Å². The van der Waals surface area contributed by atoms with E-state index in [2.05, 4.69) is 5.32 Å². The first-order valence-corrected chi connectivity index (χ1v) is 8.40. The Morgan fingerprint density at radius 1 is 1.30 bits per heavy atom. The van der Waals surface area contributed by atoms with E-state index in [0.717, 1.165) is 25.7 Å². The van der Waals surface area contributed by atoms with Crippen molar-refractivity contribution >= 4 is 29.9 Å². The highest BCUT2D eigenvalue weighted by molar-refractivity contribution is 6.31. The molecule has 0 aliphatic heterocycles. The zero-order valence-electron chi connectivity index (χ0n) is 12.9. The van der Waals surface area contributed by atoms with E-state index in [1.807, 2.05) is 0 Å². The van der Waals surface area contributed by atoms with Crippen molar-refractivity contribution in [3.63, 3.8) is 0 Å². The van der Waals surface area contributed by atoms with Crippen LogP contribution >= 0.6 is 24.0 Å². The summed E-state index contributed by atoms with van der Waals surface area (Å²) in [5, 5.41) is 3.43. The highest BCUT2D eigenvalue weighted by Crippen LogP contribution is 2.39. The zero-order valence-corrected chi connectivity index (χ0v) is 14.5. The molecule has 0 spiro atoms. The molecule has 0 radical (unpaired) electrons. The average Bonchev–Trinajstić information content (AvgIpc) is 2.44. The average molecular weight is 361 g/mol. The number of carbonyl (C=O) groups is 1. The van der Waals surface area contributed by atoms with Crippen molar-refractivity contribution in [3.05, 3.63) is 34.6 Å². The minimum absolute atomic E-state index is 0. The SMILES string of the molecule is Cl.NC1CC2CCCC(C1)C2NC(=O)Cc1c(F)cccc1Cl. The number of halogens is 3. The van der Waals surface area contributed by atoms with Crippen LogP contribution in [0.1, 0.15) is 37.7 Å². The maximum Gasteiger partial charge on any atom is 0.224 e. The summed E-state index contributed by atoms with van der Waals surface area (Å²) >= 11 is 5.99. The van der Waals surface area contributed by atoms with Gasteiger partial charge < -0.3 is 11.1 Å². The van der Waals surface area contributed by atoms with E-state index < -0.39 is 5.82 Å². The molecule has 1 aromatic carbocycles. The maximum atomic E-state index is 13.8. The Kier molecular flexibility index (Phi) is 6.29. The fourth-order valence-electron chi connectivity index (χ4n) is 4.12. The van der Waals surface area contributed by atoms with Crippen LogP contribution in [-0.2, 0) is 11.2 Å². The quantitative estimate of drug-likeness (QED) is 0.866. The van der Waals surface area contributed by atoms with Gasteiger partial charge in [0.05, 0.1) is 6.42 Å². The molecule has 0 aromatic heterocycles. The van der Waals surface area contributed by atoms with Crippen LogP contribution in [0, 0.1) is 17.7 Å². The molecule has 0 heterocycles. The molecule has 2 atom stereocenters. The Balaban J connectivity index is 0.00000192. The molecule has 2 fully saturated rings. The van der Waals surface area contributed by atoms with Crippen LogP contribution in [0.3, 0.4) is 0 Å². The molecule has 2 bridgehead atoms. The first-order chi connectivity index (χ1) is 10.5. The highest BCUT2D eigenvalue weighted by Gasteiger charge is 2.39. The van der Waals surface area contributed by atoms with Crippen molar-refractivity contribution in [1.29, 1.82) is 0 Å². The van der Waals surface area contributed by atoms with Crippen LogP contribution < -0.4 is 11.1 Å². The number of fused-ring (bicyclic) bond motifs is 2. The molecule has 2 aliphatic carbocycles. The third kappa shape index (κ3) is 4.17. The topological polar surface area (TPSA) is 55.1 Å². The zero-order chi connectivity index (χ0) is 15.7. The van der Waals surface area contributed by atoms with E-state index in [-0.39, 0.29) is 42.4 Å². The predicted molar refractivity (Wildman–Crippen MR) is 92.3 cm³/mol. The Morgan fingerprint density at radius 3 is 2.57 bits per heavy atom. The second-order valence-electron chi connectivity index (χ2n) is 6.65. The lowest BCUT2D eigenvalue weighted by Crippen LogP contribution is -2.54. The van der Waals surface area contributed by atoms with Crippen LogP contribution in [-0.4, -0.2) is 18.0 Å². The minimum atomic E-state index is -0.423.